The maximum atomic E-state index is 12.5. The van der Waals surface area contributed by atoms with E-state index in [9.17, 15) is 23.1 Å². The Bertz CT molecular complexity index is 560. The summed E-state index contributed by atoms with van der Waals surface area (Å²) in [7, 11) is 0. The minimum Gasteiger partial charge on any atom is -0.494 e. The highest BCUT2D eigenvalue weighted by molar-refractivity contribution is 5.75. The van der Waals surface area contributed by atoms with E-state index in [0.717, 1.165) is 0 Å². The fraction of sp³-hybridized carbons (Fsp3) is 0.611. The molecule has 2 N–H and O–H groups in total. The van der Waals surface area contributed by atoms with Crippen molar-refractivity contribution in [3.05, 3.63) is 29.8 Å². The van der Waals surface area contributed by atoms with Gasteiger partial charge in [0.05, 0.1) is 13.2 Å². The molecule has 0 aliphatic carbocycles. The lowest BCUT2D eigenvalue weighted by molar-refractivity contribution is -0.250. The number of hydrogen-bond donors (Lipinski definition) is 2. The first-order chi connectivity index (χ1) is 11.3. The molecule has 1 unspecified atom stereocenters. The summed E-state index contributed by atoms with van der Waals surface area (Å²) in [5, 5.41) is 11.3. The Balaban J connectivity index is 2.30. The van der Waals surface area contributed by atoms with Crippen LogP contribution in [-0.2, 0) is 10.2 Å². The second-order valence-corrected chi connectivity index (χ2v) is 7.27. The fourth-order valence-electron chi connectivity index (χ4n) is 1.93. The van der Waals surface area contributed by atoms with Crippen LogP contribution in [0.3, 0.4) is 0 Å². The highest BCUT2D eigenvalue weighted by atomic mass is 19.4. The van der Waals surface area contributed by atoms with Crippen LogP contribution in [0.15, 0.2) is 24.3 Å². The third-order valence-electron chi connectivity index (χ3n) is 3.78. The highest BCUT2D eigenvalue weighted by Gasteiger charge is 2.49. The SMILES string of the molecule is CC(C)(C)c1ccc(OCCCC(=O)NCC(C)(O)C(F)(F)F)cc1. The molecular formula is C18H26F3NO3. The number of amides is 1. The third kappa shape index (κ3) is 6.94. The zero-order valence-corrected chi connectivity index (χ0v) is 15.0. The smallest absolute Gasteiger partial charge is 0.418 e. The van der Waals surface area contributed by atoms with Crippen molar-refractivity contribution in [1.82, 2.24) is 5.32 Å². The minimum absolute atomic E-state index is 0.0218. The van der Waals surface area contributed by atoms with Crippen molar-refractivity contribution in [3.63, 3.8) is 0 Å². The molecule has 25 heavy (non-hydrogen) atoms. The Morgan fingerprint density at radius 3 is 2.16 bits per heavy atom. The van der Waals surface area contributed by atoms with Crippen LogP contribution in [0.5, 0.6) is 5.75 Å². The summed E-state index contributed by atoms with van der Waals surface area (Å²) < 4.78 is 42.9. The van der Waals surface area contributed by atoms with E-state index in [1.54, 1.807) is 0 Å². The Morgan fingerprint density at radius 2 is 1.68 bits per heavy atom. The standard InChI is InChI=1S/C18H26F3NO3/c1-16(2,3)13-7-9-14(10-8-13)25-11-5-6-15(23)22-12-17(4,24)18(19,20)21/h7-10,24H,5-6,11-12H2,1-4H3,(H,22,23). The number of ether oxygens (including phenoxy) is 1. The van der Waals surface area contributed by atoms with E-state index in [1.807, 2.05) is 24.3 Å². The number of hydrogen-bond acceptors (Lipinski definition) is 3. The average Bonchev–Trinajstić information content (AvgIpc) is 2.48. The van der Waals surface area contributed by atoms with Crippen LogP contribution in [-0.4, -0.2) is 35.9 Å². The van der Waals surface area contributed by atoms with Crippen LogP contribution in [0.25, 0.3) is 0 Å². The van der Waals surface area contributed by atoms with Gasteiger partial charge in [-0.15, -0.1) is 0 Å². The molecule has 1 amide bonds. The molecule has 1 aromatic carbocycles. The largest absolute Gasteiger partial charge is 0.494 e. The number of halogens is 3. The molecule has 0 heterocycles. The van der Waals surface area contributed by atoms with Gasteiger partial charge in [0.1, 0.15) is 5.75 Å². The molecule has 1 rings (SSSR count). The summed E-state index contributed by atoms with van der Waals surface area (Å²) in [6.45, 7) is 6.35. The quantitative estimate of drug-likeness (QED) is 0.730. The Morgan fingerprint density at radius 1 is 1.12 bits per heavy atom. The van der Waals surface area contributed by atoms with Gasteiger partial charge >= 0.3 is 6.18 Å². The zero-order valence-electron chi connectivity index (χ0n) is 15.0. The van der Waals surface area contributed by atoms with E-state index in [4.69, 9.17) is 4.74 Å². The second kappa shape index (κ2) is 8.08. The van der Waals surface area contributed by atoms with Crippen molar-refractivity contribution in [2.24, 2.45) is 0 Å². The van der Waals surface area contributed by atoms with Gasteiger partial charge in [-0.25, -0.2) is 0 Å². The van der Waals surface area contributed by atoms with Gasteiger partial charge < -0.3 is 15.2 Å². The lowest BCUT2D eigenvalue weighted by Gasteiger charge is -2.26. The van der Waals surface area contributed by atoms with E-state index in [0.29, 0.717) is 19.1 Å². The Kier molecular flexibility index (Phi) is 6.88. The second-order valence-electron chi connectivity index (χ2n) is 7.27. The van der Waals surface area contributed by atoms with Gasteiger partial charge in [-0.05, 0) is 36.5 Å². The van der Waals surface area contributed by atoms with E-state index < -0.39 is 24.2 Å². The molecular weight excluding hydrogens is 335 g/mol. The predicted molar refractivity (Wildman–Crippen MR) is 89.6 cm³/mol. The first-order valence-corrected chi connectivity index (χ1v) is 8.12. The topological polar surface area (TPSA) is 58.6 Å². The number of carbonyl (C=O) groups is 1. The lowest BCUT2D eigenvalue weighted by atomic mass is 9.87. The maximum Gasteiger partial charge on any atom is 0.418 e. The van der Waals surface area contributed by atoms with Gasteiger partial charge in [0, 0.05) is 6.42 Å². The summed E-state index contributed by atoms with van der Waals surface area (Å²) in [6.07, 6.45) is -4.41. The summed E-state index contributed by atoms with van der Waals surface area (Å²) in [6, 6.07) is 7.64. The minimum atomic E-state index is -4.79. The Hall–Kier alpha value is -1.76. The molecule has 0 bridgehead atoms. The van der Waals surface area contributed by atoms with Crippen molar-refractivity contribution in [1.29, 1.82) is 0 Å². The molecule has 0 spiro atoms. The van der Waals surface area contributed by atoms with Crippen molar-refractivity contribution >= 4 is 5.91 Å². The first kappa shape index (κ1) is 21.3. The van der Waals surface area contributed by atoms with Gasteiger partial charge in [-0.2, -0.15) is 13.2 Å². The molecule has 0 fully saturated rings. The highest BCUT2D eigenvalue weighted by Crippen LogP contribution is 2.29. The molecule has 0 aliphatic heterocycles. The van der Waals surface area contributed by atoms with Gasteiger partial charge in [-0.3, -0.25) is 4.79 Å². The number of alkyl halides is 3. The molecule has 142 valence electrons. The molecule has 4 nitrogen and oxygen atoms in total. The molecule has 0 saturated heterocycles. The van der Waals surface area contributed by atoms with Gasteiger partial charge in [0.25, 0.3) is 0 Å². The Labute approximate surface area is 146 Å². The number of rotatable bonds is 7. The van der Waals surface area contributed by atoms with Crippen LogP contribution in [0.2, 0.25) is 0 Å². The molecule has 0 aromatic heterocycles. The number of benzene rings is 1. The zero-order chi connectivity index (χ0) is 19.3. The van der Waals surface area contributed by atoms with E-state index in [1.165, 1.54) is 5.56 Å². The molecule has 0 saturated carbocycles. The van der Waals surface area contributed by atoms with Crippen LogP contribution in [0, 0.1) is 0 Å². The number of nitrogens with one attached hydrogen (secondary N) is 1. The van der Waals surface area contributed by atoms with Crippen molar-refractivity contribution < 1.29 is 27.8 Å². The summed E-state index contributed by atoms with van der Waals surface area (Å²) in [5.74, 6) is 0.115. The summed E-state index contributed by atoms with van der Waals surface area (Å²) >= 11 is 0. The predicted octanol–water partition coefficient (Wildman–Crippen LogP) is 3.57. The molecule has 7 heteroatoms. The number of carbonyl (C=O) groups excluding carboxylic acids is 1. The van der Waals surface area contributed by atoms with Crippen molar-refractivity contribution in [2.45, 2.75) is 57.7 Å². The maximum absolute atomic E-state index is 12.5. The van der Waals surface area contributed by atoms with E-state index in [2.05, 4.69) is 26.1 Å². The van der Waals surface area contributed by atoms with Gasteiger partial charge in [0.2, 0.25) is 5.91 Å². The molecule has 1 atom stereocenters. The van der Waals surface area contributed by atoms with Crippen molar-refractivity contribution in [2.75, 3.05) is 13.2 Å². The van der Waals surface area contributed by atoms with Gasteiger partial charge in [0.15, 0.2) is 5.60 Å². The fourth-order valence-corrected chi connectivity index (χ4v) is 1.93. The van der Waals surface area contributed by atoms with Crippen LogP contribution < -0.4 is 10.1 Å². The molecule has 1 aromatic rings. The first-order valence-electron chi connectivity index (χ1n) is 8.12. The monoisotopic (exact) mass is 361 g/mol. The average molecular weight is 361 g/mol. The molecule has 0 radical (unpaired) electrons. The number of aliphatic hydroxyl groups is 1. The summed E-state index contributed by atoms with van der Waals surface area (Å²) in [5.41, 5.74) is -1.71. The van der Waals surface area contributed by atoms with E-state index >= 15 is 0 Å². The normalized spacial score (nSPS) is 14.7. The molecule has 0 aliphatic rings. The van der Waals surface area contributed by atoms with Gasteiger partial charge in [-0.1, -0.05) is 32.9 Å². The van der Waals surface area contributed by atoms with Crippen LogP contribution in [0.1, 0.15) is 46.1 Å². The van der Waals surface area contributed by atoms with Crippen LogP contribution >= 0.6 is 0 Å². The van der Waals surface area contributed by atoms with E-state index in [-0.39, 0.29) is 18.4 Å². The lowest BCUT2D eigenvalue weighted by Crippen LogP contribution is -2.51. The summed E-state index contributed by atoms with van der Waals surface area (Å²) in [4.78, 5) is 11.5. The van der Waals surface area contributed by atoms with Crippen molar-refractivity contribution in [3.8, 4) is 5.75 Å². The third-order valence-corrected chi connectivity index (χ3v) is 3.78. The van der Waals surface area contributed by atoms with Crippen LogP contribution in [0.4, 0.5) is 13.2 Å².